The van der Waals surface area contributed by atoms with E-state index >= 15 is 0 Å². The largest absolute Gasteiger partial charge is 0.497 e. The van der Waals surface area contributed by atoms with Crippen LogP contribution in [0.15, 0.2) is 54.9 Å². The van der Waals surface area contributed by atoms with Gasteiger partial charge in [-0.2, -0.15) is 5.10 Å². The number of nitrogens with one attached hydrogen (secondary N) is 1. The van der Waals surface area contributed by atoms with Crippen molar-refractivity contribution < 1.29 is 9.53 Å². The van der Waals surface area contributed by atoms with E-state index in [1.807, 2.05) is 24.3 Å². The van der Waals surface area contributed by atoms with Crippen LogP contribution in [0.2, 0.25) is 0 Å². The smallest absolute Gasteiger partial charge is 0.251 e. The van der Waals surface area contributed by atoms with Crippen molar-refractivity contribution in [1.82, 2.24) is 20.1 Å². The Morgan fingerprint density at radius 1 is 1.18 bits per heavy atom. The second-order valence-corrected chi connectivity index (χ2v) is 7.05. The number of carbonyl (C=O) groups is 1. The van der Waals surface area contributed by atoms with Crippen molar-refractivity contribution in [3.8, 4) is 17.0 Å². The lowest BCUT2D eigenvalue weighted by atomic mass is 10.1. The lowest BCUT2D eigenvalue weighted by molar-refractivity contribution is 0.0950. The number of hydrogen-bond acceptors (Lipinski definition) is 4. The Labute approximate surface area is 164 Å². The quantitative estimate of drug-likeness (QED) is 0.706. The van der Waals surface area contributed by atoms with Gasteiger partial charge in [-0.3, -0.25) is 14.5 Å². The number of ether oxygens (including phenoxy) is 1. The van der Waals surface area contributed by atoms with Gasteiger partial charge in [0.1, 0.15) is 5.75 Å². The first-order valence-corrected chi connectivity index (χ1v) is 9.65. The summed E-state index contributed by atoms with van der Waals surface area (Å²) in [5.41, 5.74) is 3.61. The number of aromatic nitrogens is 3. The lowest BCUT2D eigenvalue weighted by Crippen LogP contribution is -2.23. The van der Waals surface area contributed by atoms with Crippen LogP contribution in [0.3, 0.4) is 0 Å². The Morgan fingerprint density at radius 3 is 2.71 bits per heavy atom. The number of carbonyl (C=O) groups excluding carboxylic acids is 1. The SMILES string of the molecule is COc1cccc(C(=O)NCc2cc(-c3ccncc3)n(C3CCCC3)n2)c1. The summed E-state index contributed by atoms with van der Waals surface area (Å²) in [5.74, 6) is 0.526. The standard InChI is InChI=1S/C22H24N4O2/c1-28-20-8-4-5-17(13-20)22(27)24-15-18-14-21(16-9-11-23-12-10-16)26(25-18)19-6-2-3-7-19/h4-5,8-14,19H,2-3,6-7,15H2,1H3,(H,24,27). The molecule has 2 aromatic heterocycles. The van der Waals surface area contributed by atoms with Crippen LogP contribution in [0.25, 0.3) is 11.3 Å². The fourth-order valence-corrected chi connectivity index (χ4v) is 3.73. The van der Waals surface area contributed by atoms with Gasteiger partial charge in [-0.1, -0.05) is 18.9 Å². The Hall–Kier alpha value is -3.15. The summed E-state index contributed by atoms with van der Waals surface area (Å²) in [4.78, 5) is 16.6. The van der Waals surface area contributed by atoms with Gasteiger partial charge in [-0.15, -0.1) is 0 Å². The van der Waals surface area contributed by atoms with E-state index in [1.54, 1.807) is 31.6 Å². The van der Waals surface area contributed by atoms with Crippen molar-refractivity contribution in [3.63, 3.8) is 0 Å². The van der Waals surface area contributed by atoms with Gasteiger partial charge in [0.05, 0.1) is 31.1 Å². The van der Waals surface area contributed by atoms with Crippen LogP contribution in [-0.4, -0.2) is 27.8 Å². The molecule has 1 aliphatic carbocycles. The van der Waals surface area contributed by atoms with Gasteiger partial charge in [-0.25, -0.2) is 0 Å². The number of amides is 1. The predicted octanol–water partition coefficient (Wildman–Crippen LogP) is 4.00. The third-order valence-corrected chi connectivity index (χ3v) is 5.19. The van der Waals surface area contributed by atoms with Crippen LogP contribution in [0.4, 0.5) is 0 Å². The number of methoxy groups -OCH3 is 1. The first-order valence-electron chi connectivity index (χ1n) is 9.65. The highest BCUT2D eigenvalue weighted by Crippen LogP contribution is 2.33. The molecule has 0 unspecified atom stereocenters. The highest BCUT2D eigenvalue weighted by molar-refractivity contribution is 5.94. The minimum Gasteiger partial charge on any atom is -0.497 e. The molecule has 0 spiro atoms. The van der Waals surface area contributed by atoms with E-state index < -0.39 is 0 Å². The average Bonchev–Trinajstić information content (AvgIpc) is 3.42. The Kier molecular flexibility index (Phi) is 5.37. The van der Waals surface area contributed by atoms with E-state index in [9.17, 15) is 4.79 Å². The highest BCUT2D eigenvalue weighted by Gasteiger charge is 2.22. The maximum Gasteiger partial charge on any atom is 0.251 e. The minimum absolute atomic E-state index is 0.139. The number of pyridine rings is 1. The van der Waals surface area contributed by atoms with Crippen molar-refractivity contribution in [2.75, 3.05) is 7.11 Å². The fraction of sp³-hybridized carbons (Fsp3) is 0.318. The van der Waals surface area contributed by atoms with E-state index in [4.69, 9.17) is 9.84 Å². The maximum atomic E-state index is 12.5. The van der Waals surface area contributed by atoms with Gasteiger partial charge in [0.15, 0.2) is 0 Å². The molecular formula is C22H24N4O2. The van der Waals surface area contributed by atoms with E-state index in [0.717, 1.165) is 29.8 Å². The molecule has 28 heavy (non-hydrogen) atoms. The summed E-state index contributed by atoms with van der Waals surface area (Å²) in [5, 5.41) is 7.79. The fourth-order valence-electron chi connectivity index (χ4n) is 3.73. The summed E-state index contributed by atoms with van der Waals surface area (Å²) >= 11 is 0. The first kappa shape index (κ1) is 18.2. The Bertz CT molecular complexity index is 946. The second kappa shape index (κ2) is 8.25. The molecule has 144 valence electrons. The molecule has 0 radical (unpaired) electrons. The molecule has 3 aromatic rings. The number of rotatable bonds is 6. The van der Waals surface area contributed by atoms with Crippen LogP contribution < -0.4 is 10.1 Å². The van der Waals surface area contributed by atoms with Crippen LogP contribution in [0.1, 0.15) is 47.8 Å². The zero-order valence-electron chi connectivity index (χ0n) is 16.0. The minimum atomic E-state index is -0.139. The van der Waals surface area contributed by atoms with E-state index in [1.165, 1.54) is 12.8 Å². The predicted molar refractivity (Wildman–Crippen MR) is 107 cm³/mol. The zero-order chi connectivity index (χ0) is 19.3. The summed E-state index contributed by atoms with van der Waals surface area (Å²) in [7, 11) is 1.59. The van der Waals surface area contributed by atoms with Crippen molar-refractivity contribution in [2.24, 2.45) is 0 Å². The lowest BCUT2D eigenvalue weighted by Gasteiger charge is -2.14. The molecule has 6 nitrogen and oxygen atoms in total. The van der Waals surface area contributed by atoms with Crippen LogP contribution in [0.5, 0.6) is 5.75 Å². The van der Waals surface area contributed by atoms with Gasteiger partial charge in [0, 0.05) is 23.5 Å². The number of nitrogens with zero attached hydrogens (tertiary/aromatic N) is 3. The number of benzene rings is 1. The molecule has 1 aliphatic rings. The first-order chi connectivity index (χ1) is 13.7. The van der Waals surface area contributed by atoms with Gasteiger partial charge < -0.3 is 10.1 Å². The molecule has 6 heteroatoms. The van der Waals surface area contributed by atoms with Crippen molar-refractivity contribution in [1.29, 1.82) is 0 Å². The molecule has 1 amide bonds. The topological polar surface area (TPSA) is 69.0 Å². The normalized spacial score (nSPS) is 14.2. The van der Waals surface area contributed by atoms with Crippen LogP contribution >= 0.6 is 0 Å². The molecular weight excluding hydrogens is 352 g/mol. The Morgan fingerprint density at radius 2 is 1.96 bits per heavy atom. The van der Waals surface area contributed by atoms with E-state index in [0.29, 0.717) is 23.9 Å². The molecule has 1 N–H and O–H groups in total. The van der Waals surface area contributed by atoms with Gasteiger partial charge in [0.25, 0.3) is 5.91 Å². The van der Waals surface area contributed by atoms with Gasteiger partial charge in [0.2, 0.25) is 0 Å². The van der Waals surface area contributed by atoms with E-state index in [-0.39, 0.29) is 5.91 Å². The molecule has 4 rings (SSSR count). The summed E-state index contributed by atoms with van der Waals surface area (Å²) in [6, 6.07) is 13.6. The third kappa shape index (κ3) is 3.91. The molecule has 0 bridgehead atoms. The third-order valence-electron chi connectivity index (χ3n) is 5.19. The van der Waals surface area contributed by atoms with Gasteiger partial charge in [-0.05, 0) is 49.2 Å². The van der Waals surface area contributed by atoms with Crippen molar-refractivity contribution in [2.45, 2.75) is 38.3 Å². The molecule has 0 aliphatic heterocycles. The molecule has 0 atom stereocenters. The Balaban J connectivity index is 1.54. The summed E-state index contributed by atoms with van der Waals surface area (Å²) in [6.45, 7) is 0.383. The molecule has 0 saturated heterocycles. The van der Waals surface area contributed by atoms with E-state index in [2.05, 4.69) is 21.0 Å². The average molecular weight is 376 g/mol. The molecule has 1 aromatic carbocycles. The molecule has 1 fully saturated rings. The van der Waals surface area contributed by atoms with Gasteiger partial charge >= 0.3 is 0 Å². The van der Waals surface area contributed by atoms with Crippen molar-refractivity contribution >= 4 is 5.91 Å². The second-order valence-electron chi connectivity index (χ2n) is 7.05. The summed E-state index contributed by atoms with van der Waals surface area (Å²) < 4.78 is 7.33. The monoisotopic (exact) mass is 376 g/mol. The van der Waals surface area contributed by atoms with Crippen molar-refractivity contribution in [3.05, 3.63) is 66.1 Å². The van der Waals surface area contributed by atoms with Crippen LogP contribution in [-0.2, 0) is 6.54 Å². The highest BCUT2D eigenvalue weighted by atomic mass is 16.5. The summed E-state index contributed by atoms with van der Waals surface area (Å²) in [6.07, 6.45) is 8.37. The molecule has 1 saturated carbocycles. The molecule has 2 heterocycles. The zero-order valence-corrected chi connectivity index (χ0v) is 16.0. The van der Waals surface area contributed by atoms with Crippen LogP contribution in [0, 0.1) is 0 Å². The maximum absolute atomic E-state index is 12.5. The number of hydrogen-bond donors (Lipinski definition) is 1.